The topological polar surface area (TPSA) is 101 Å². The summed E-state index contributed by atoms with van der Waals surface area (Å²) in [6, 6.07) is 13.4. The summed E-state index contributed by atoms with van der Waals surface area (Å²) in [6.45, 7) is 4.43. The maximum Gasteiger partial charge on any atom is 0.419 e. The third kappa shape index (κ3) is 5.70. The lowest BCUT2D eigenvalue weighted by Gasteiger charge is -2.33. The number of benzene rings is 2. The van der Waals surface area contributed by atoms with Gasteiger partial charge in [0.15, 0.2) is 11.9 Å². The van der Waals surface area contributed by atoms with Crippen LogP contribution in [0.4, 0.5) is 9.18 Å². The van der Waals surface area contributed by atoms with Gasteiger partial charge in [0.25, 0.3) is 5.91 Å². The molecule has 0 aliphatic carbocycles. The summed E-state index contributed by atoms with van der Waals surface area (Å²) in [4.78, 5) is 55.5. The second-order valence-electron chi connectivity index (χ2n) is 9.97. The van der Waals surface area contributed by atoms with E-state index in [1.807, 2.05) is 43.4 Å². The van der Waals surface area contributed by atoms with Gasteiger partial charge in [-0.3, -0.25) is 14.4 Å². The molecule has 0 bridgehead atoms. The normalized spacial score (nSPS) is 16.0. The summed E-state index contributed by atoms with van der Waals surface area (Å²) in [6.07, 6.45) is -2.38. The van der Waals surface area contributed by atoms with Crippen molar-refractivity contribution in [1.29, 1.82) is 0 Å². The third-order valence-electron chi connectivity index (χ3n) is 6.93. The van der Waals surface area contributed by atoms with E-state index in [9.17, 15) is 23.6 Å². The molecule has 0 saturated carbocycles. The van der Waals surface area contributed by atoms with Gasteiger partial charge in [0.05, 0.1) is 23.5 Å². The molecule has 10 heteroatoms. The van der Waals surface area contributed by atoms with Crippen LogP contribution < -0.4 is 5.32 Å². The Morgan fingerprint density at radius 3 is 2.00 bits per heavy atom. The molecule has 1 aliphatic rings. The van der Waals surface area contributed by atoms with Gasteiger partial charge < -0.3 is 19.9 Å². The van der Waals surface area contributed by atoms with E-state index in [1.165, 1.54) is 4.57 Å². The highest BCUT2D eigenvalue weighted by molar-refractivity contribution is 6.12. The molecule has 1 saturated heterocycles. The molecule has 3 aromatic rings. The van der Waals surface area contributed by atoms with Gasteiger partial charge >= 0.3 is 6.09 Å². The minimum Gasteiger partial charge on any atom is -0.435 e. The number of carbonyl (C=O) groups excluding carboxylic acids is 4. The first-order valence-corrected chi connectivity index (χ1v) is 12.8. The number of para-hydroxylation sites is 2. The summed E-state index contributed by atoms with van der Waals surface area (Å²) in [7, 11) is 1.95. The van der Waals surface area contributed by atoms with Gasteiger partial charge in [-0.25, -0.2) is 13.8 Å². The van der Waals surface area contributed by atoms with Crippen molar-refractivity contribution < 1.29 is 28.3 Å². The van der Waals surface area contributed by atoms with Crippen molar-refractivity contribution in [2.75, 3.05) is 39.9 Å². The number of Topliss-reactive ketones (excluding diaryl/α,β-unsaturated/α-hetero) is 1. The fourth-order valence-electron chi connectivity index (χ4n) is 4.72. The van der Waals surface area contributed by atoms with Crippen LogP contribution in [0, 0.1) is 5.92 Å². The molecule has 2 heterocycles. The Labute approximate surface area is 220 Å². The molecule has 1 fully saturated rings. The van der Waals surface area contributed by atoms with E-state index in [-0.39, 0.29) is 12.3 Å². The molecule has 1 N–H and O–H groups in total. The fraction of sp³-hybridized carbons (Fsp3) is 0.429. The number of nitrogens with one attached hydrogen (secondary N) is 1. The van der Waals surface area contributed by atoms with E-state index >= 15 is 0 Å². The van der Waals surface area contributed by atoms with E-state index < -0.39 is 42.5 Å². The van der Waals surface area contributed by atoms with E-state index in [0.29, 0.717) is 37.2 Å². The number of ether oxygens (including phenoxy) is 1. The number of hydrogen-bond donors (Lipinski definition) is 1. The highest BCUT2D eigenvalue weighted by atomic mass is 19.1. The standard InChI is InChI=1S/C28H33FN4O5/c1-18(2)26(27(36)30-21(24(34)17-29)16-25(35)32-14-12-31(3)13-15-32)38-28(37)33-22-10-6-4-8-19(22)20-9-5-7-11-23(20)33/h4-11,18,21,26H,12-17H2,1-3H3,(H,30,36)/t21?,26-/m0/s1. The third-order valence-corrected chi connectivity index (χ3v) is 6.93. The number of piperazine rings is 1. The minimum absolute atomic E-state index is 0.339. The number of rotatable bonds is 8. The van der Waals surface area contributed by atoms with Gasteiger partial charge in [0.1, 0.15) is 6.67 Å². The summed E-state index contributed by atoms with van der Waals surface area (Å²) >= 11 is 0. The number of hydrogen-bond acceptors (Lipinski definition) is 6. The van der Waals surface area contributed by atoms with Crippen molar-refractivity contribution in [2.45, 2.75) is 32.4 Å². The monoisotopic (exact) mass is 524 g/mol. The molecule has 4 rings (SSSR count). The molecule has 0 radical (unpaired) electrons. The second kappa shape index (κ2) is 11.7. The second-order valence-corrected chi connectivity index (χ2v) is 9.97. The predicted octanol–water partition coefficient (Wildman–Crippen LogP) is 2.99. The van der Waals surface area contributed by atoms with Crippen molar-refractivity contribution in [3.8, 4) is 0 Å². The molecule has 1 unspecified atom stereocenters. The maximum absolute atomic E-state index is 13.4. The van der Waals surface area contributed by atoms with E-state index in [2.05, 4.69) is 10.2 Å². The zero-order valence-corrected chi connectivity index (χ0v) is 21.9. The number of nitrogens with zero attached hydrogens (tertiary/aromatic N) is 3. The van der Waals surface area contributed by atoms with Crippen LogP contribution in [0.3, 0.4) is 0 Å². The van der Waals surface area contributed by atoms with Crippen LogP contribution in [-0.4, -0.2) is 90.1 Å². The van der Waals surface area contributed by atoms with Crippen LogP contribution in [0.25, 0.3) is 21.8 Å². The van der Waals surface area contributed by atoms with Crippen LogP contribution in [0.5, 0.6) is 0 Å². The molecule has 9 nitrogen and oxygen atoms in total. The van der Waals surface area contributed by atoms with Crippen molar-refractivity contribution in [3.63, 3.8) is 0 Å². The molecule has 38 heavy (non-hydrogen) atoms. The molecular formula is C28H33FN4O5. The van der Waals surface area contributed by atoms with Crippen molar-refractivity contribution in [1.82, 2.24) is 19.7 Å². The molecule has 1 aromatic heterocycles. The van der Waals surface area contributed by atoms with Gasteiger partial charge in [0.2, 0.25) is 5.91 Å². The maximum atomic E-state index is 13.4. The largest absolute Gasteiger partial charge is 0.435 e. The van der Waals surface area contributed by atoms with Crippen LogP contribution in [-0.2, 0) is 19.1 Å². The minimum atomic E-state index is -1.35. The van der Waals surface area contributed by atoms with Crippen LogP contribution in [0.1, 0.15) is 20.3 Å². The van der Waals surface area contributed by atoms with Crippen molar-refractivity contribution in [3.05, 3.63) is 48.5 Å². The first-order chi connectivity index (χ1) is 18.2. The molecule has 202 valence electrons. The average molecular weight is 525 g/mol. The Kier molecular flexibility index (Phi) is 8.41. The van der Waals surface area contributed by atoms with E-state index in [4.69, 9.17) is 4.74 Å². The van der Waals surface area contributed by atoms with E-state index in [1.54, 1.807) is 30.9 Å². The van der Waals surface area contributed by atoms with Crippen LogP contribution in [0.2, 0.25) is 0 Å². The number of carbonyl (C=O) groups is 4. The lowest BCUT2D eigenvalue weighted by Crippen LogP contribution is -2.52. The zero-order valence-electron chi connectivity index (χ0n) is 21.9. The Balaban J connectivity index is 1.53. The summed E-state index contributed by atoms with van der Waals surface area (Å²) < 4.78 is 20.5. The quantitative estimate of drug-likeness (QED) is 0.486. The Bertz CT molecular complexity index is 1290. The van der Waals surface area contributed by atoms with Crippen LogP contribution >= 0.6 is 0 Å². The van der Waals surface area contributed by atoms with Crippen molar-refractivity contribution in [2.24, 2.45) is 5.92 Å². The highest BCUT2D eigenvalue weighted by Crippen LogP contribution is 2.29. The molecule has 2 aromatic carbocycles. The Morgan fingerprint density at radius 1 is 0.921 bits per heavy atom. The number of alkyl halides is 1. The molecule has 1 aliphatic heterocycles. The molecule has 2 amide bonds. The molecule has 2 atom stereocenters. The predicted molar refractivity (Wildman–Crippen MR) is 142 cm³/mol. The number of halogens is 1. The summed E-state index contributed by atoms with van der Waals surface area (Å²) in [5, 5.41) is 4.21. The number of aromatic nitrogens is 1. The fourth-order valence-corrected chi connectivity index (χ4v) is 4.72. The first kappa shape index (κ1) is 27.3. The lowest BCUT2D eigenvalue weighted by atomic mass is 10.0. The van der Waals surface area contributed by atoms with Gasteiger partial charge in [-0.1, -0.05) is 50.2 Å². The zero-order chi connectivity index (χ0) is 27.4. The number of likely N-dealkylation sites (N-methyl/N-ethyl adjacent to an activating group) is 1. The highest BCUT2D eigenvalue weighted by Gasteiger charge is 2.33. The lowest BCUT2D eigenvalue weighted by molar-refractivity contribution is -0.139. The summed E-state index contributed by atoms with van der Waals surface area (Å²) in [5.74, 6) is -2.46. The SMILES string of the molecule is CC(C)[C@H](OC(=O)n1c2ccccc2c2ccccc21)C(=O)NC(CC(=O)N1CCN(C)CC1)C(=O)CF. The number of amides is 2. The van der Waals surface area contributed by atoms with Gasteiger partial charge in [-0.15, -0.1) is 0 Å². The molecule has 0 spiro atoms. The number of fused-ring (bicyclic) bond motifs is 3. The van der Waals surface area contributed by atoms with E-state index in [0.717, 1.165) is 10.8 Å². The number of ketones is 1. The average Bonchev–Trinajstić information content (AvgIpc) is 3.25. The smallest absolute Gasteiger partial charge is 0.419 e. The van der Waals surface area contributed by atoms with Crippen molar-refractivity contribution >= 4 is 45.5 Å². The summed E-state index contributed by atoms with van der Waals surface area (Å²) in [5.41, 5.74) is 1.26. The van der Waals surface area contributed by atoms with Gasteiger partial charge in [-0.05, 0) is 25.1 Å². The Hall–Kier alpha value is -3.79. The first-order valence-electron chi connectivity index (χ1n) is 12.8. The van der Waals surface area contributed by atoms with Crippen LogP contribution in [0.15, 0.2) is 48.5 Å². The van der Waals surface area contributed by atoms with Gasteiger partial charge in [0, 0.05) is 37.0 Å². The Morgan fingerprint density at radius 2 is 1.47 bits per heavy atom. The van der Waals surface area contributed by atoms with Gasteiger partial charge in [-0.2, -0.15) is 0 Å². The molecular weight excluding hydrogens is 491 g/mol.